The van der Waals surface area contributed by atoms with Crippen molar-refractivity contribution in [1.29, 1.82) is 0 Å². The van der Waals surface area contributed by atoms with Gasteiger partial charge < -0.3 is 10.5 Å². The van der Waals surface area contributed by atoms with Crippen LogP contribution in [0, 0.1) is 19.8 Å². The van der Waals surface area contributed by atoms with Crippen molar-refractivity contribution in [1.82, 2.24) is 4.72 Å². The molecule has 0 aliphatic carbocycles. The summed E-state index contributed by atoms with van der Waals surface area (Å²) in [7, 11) is -2.01. The zero-order valence-electron chi connectivity index (χ0n) is 13.4. The Balaban J connectivity index is 3.10. The van der Waals surface area contributed by atoms with Gasteiger partial charge in [-0.25, -0.2) is 13.1 Å². The lowest BCUT2D eigenvalue weighted by Gasteiger charge is -2.20. The SMILES string of the molecule is COc1cc(C)c(S(=O)(=O)NC(CN)CC(C)C)cc1C. The molecular weight excluding hydrogens is 288 g/mol. The Labute approximate surface area is 127 Å². The monoisotopic (exact) mass is 314 g/mol. The summed E-state index contributed by atoms with van der Waals surface area (Å²) in [4.78, 5) is 0.281. The van der Waals surface area contributed by atoms with Gasteiger partial charge in [0.05, 0.1) is 12.0 Å². The summed E-state index contributed by atoms with van der Waals surface area (Å²) in [6.07, 6.45) is 0.712. The maximum atomic E-state index is 12.5. The molecular formula is C15H26N2O3S. The van der Waals surface area contributed by atoms with Gasteiger partial charge in [-0.2, -0.15) is 0 Å². The number of rotatable bonds is 7. The third-order valence-corrected chi connectivity index (χ3v) is 5.01. The van der Waals surface area contributed by atoms with E-state index in [1.165, 1.54) is 0 Å². The standard InChI is InChI=1S/C15H26N2O3S/c1-10(2)6-13(9-16)17-21(18,19)15-8-11(3)14(20-5)7-12(15)4/h7-8,10,13,17H,6,9,16H2,1-5H3. The highest BCUT2D eigenvalue weighted by Crippen LogP contribution is 2.25. The van der Waals surface area contributed by atoms with E-state index in [0.717, 1.165) is 5.56 Å². The highest BCUT2D eigenvalue weighted by Gasteiger charge is 2.22. The fourth-order valence-corrected chi connectivity index (χ4v) is 3.89. The number of hydrogen-bond acceptors (Lipinski definition) is 4. The number of nitrogens with two attached hydrogens (primary N) is 1. The van der Waals surface area contributed by atoms with Crippen LogP contribution in [0.3, 0.4) is 0 Å². The largest absolute Gasteiger partial charge is 0.496 e. The second-order valence-corrected chi connectivity index (χ2v) is 7.45. The summed E-state index contributed by atoms with van der Waals surface area (Å²) in [5.41, 5.74) is 7.12. The van der Waals surface area contributed by atoms with E-state index in [2.05, 4.69) is 4.72 Å². The summed E-state index contributed by atoms with van der Waals surface area (Å²) in [5.74, 6) is 1.06. The molecule has 0 saturated heterocycles. The summed E-state index contributed by atoms with van der Waals surface area (Å²) >= 11 is 0. The van der Waals surface area contributed by atoms with Crippen molar-refractivity contribution in [2.45, 2.75) is 45.1 Å². The molecule has 120 valence electrons. The number of hydrogen-bond donors (Lipinski definition) is 2. The first-order valence-electron chi connectivity index (χ1n) is 7.09. The van der Waals surface area contributed by atoms with Gasteiger partial charge in [-0.1, -0.05) is 13.8 Å². The van der Waals surface area contributed by atoms with Gasteiger partial charge in [-0.05, 0) is 49.4 Å². The van der Waals surface area contributed by atoms with Gasteiger partial charge in [0.15, 0.2) is 0 Å². The first-order chi connectivity index (χ1) is 9.71. The van der Waals surface area contributed by atoms with Gasteiger partial charge in [0.1, 0.15) is 5.75 Å². The van der Waals surface area contributed by atoms with Crippen LogP contribution in [-0.2, 0) is 10.0 Å². The molecule has 0 saturated carbocycles. The minimum atomic E-state index is -3.58. The Kier molecular flexibility index (Phi) is 6.19. The van der Waals surface area contributed by atoms with Crippen LogP contribution in [0.5, 0.6) is 5.75 Å². The summed E-state index contributed by atoms with van der Waals surface area (Å²) < 4.78 is 33.0. The summed E-state index contributed by atoms with van der Waals surface area (Å²) in [5, 5.41) is 0. The fraction of sp³-hybridized carbons (Fsp3) is 0.600. The van der Waals surface area contributed by atoms with E-state index in [-0.39, 0.29) is 17.5 Å². The number of sulfonamides is 1. The highest BCUT2D eigenvalue weighted by molar-refractivity contribution is 7.89. The lowest BCUT2D eigenvalue weighted by atomic mass is 10.1. The topological polar surface area (TPSA) is 81.4 Å². The average molecular weight is 314 g/mol. The quantitative estimate of drug-likeness (QED) is 0.806. The Bertz CT molecular complexity index is 583. The molecule has 0 bridgehead atoms. The number of methoxy groups -OCH3 is 1. The first-order valence-corrected chi connectivity index (χ1v) is 8.57. The fourth-order valence-electron chi connectivity index (χ4n) is 2.32. The lowest BCUT2D eigenvalue weighted by Crippen LogP contribution is -2.41. The Hall–Kier alpha value is -1.11. The van der Waals surface area contributed by atoms with Crippen molar-refractivity contribution in [3.63, 3.8) is 0 Å². The van der Waals surface area contributed by atoms with Crippen LogP contribution < -0.4 is 15.2 Å². The van der Waals surface area contributed by atoms with Crippen LogP contribution in [0.15, 0.2) is 17.0 Å². The van der Waals surface area contributed by atoms with E-state index < -0.39 is 10.0 Å². The van der Waals surface area contributed by atoms with Gasteiger partial charge in [0.25, 0.3) is 0 Å². The molecule has 1 aromatic rings. The number of nitrogens with one attached hydrogen (secondary N) is 1. The van der Waals surface area contributed by atoms with Crippen molar-refractivity contribution in [3.8, 4) is 5.75 Å². The van der Waals surface area contributed by atoms with Crippen LogP contribution in [0.1, 0.15) is 31.4 Å². The molecule has 6 heteroatoms. The van der Waals surface area contributed by atoms with Gasteiger partial charge in [-0.15, -0.1) is 0 Å². The van der Waals surface area contributed by atoms with Gasteiger partial charge in [0, 0.05) is 12.6 Å². The Morgan fingerprint density at radius 1 is 1.24 bits per heavy atom. The van der Waals surface area contributed by atoms with Crippen LogP contribution >= 0.6 is 0 Å². The van der Waals surface area contributed by atoms with Crippen molar-refractivity contribution >= 4 is 10.0 Å². The second kappa shape index (κ2) is 7.24. The maximum absolute atomic E-state index is 12.5. The Morgan fingerprint density at radius 3 is 2.33 bits per heavy atom. The molecule has 0 radical (unpaired) electrons. The van der Waals surface area contributed by atoms with Crippen LogP contribution in [0.25, 0.3) is 0 Å². The maximum Gasteiger partial charge on any atom is 0.241 e. The summed E-state index contributed by atoms with van der Waals surface area (Å²) in [6, 6.07) is 3.13. The zero-order valence-corrected chi connectivity index (χ0v) is 14.3. The molecule has 21 heavy (non-hydrogen) atoms. The normalized spacial score (nSPS) is 13.5. The Morgan fingerprint density at radius 2 is 1.86 bits per heavy atom. The third-order valence-electron chi connectivity index (χ3n) is 3.34. The zero-order chi connectivity index (χ0) is 16.2. The molecule has 0 aromatic heterocycles. The molecule has 1 aromatic carbocycles. The number of aryl methyl sites for hydroxylation is 2. The minimum Gasteiger partial charge on any atom is -0.496 e. The molecule has 0 amide bonds. The van der Waals surface area contributed by atoms with Gasteiger partial charge >= 0.3 is 0 Å². The molecule has 0 spiro atoms. The number of ether oxygens (including phenoxy) is 1. The van der Waals surface area contributed by atoms with Gasteiger partial charge in [-0.3, -0.25) is 0 Å². The second-order valence-electron chi connectivity index (χ2n) is 5.77. The molecule has 0 heterocycles. The number of benzene rings is 1. The van der Waals surface area contributed by atoms with E-state index in [1.807, 2.05) is 20.8 Å². The molecule has 5 nitrogen and oxygen atoms in total. The lowest BCUT2D eigenvalue weighted by molar-refractivity contribution is 0.411. The van der Waals surface area contributed by atoms with Crippen LogP contribution in [0.2, 0.25) is 0 Å². The molecule has 1 unspecified atom stereocenters. The van der Waals surface area contributed by atoms with Crippen molar-refractivity contribution < 1.29 is 13.2 Å². The van der Waals surface area contributed by atoms with Crippen LogP contribution in [0.4, 0.5) is 0 Å². The molecule has 1 atom stereocenters. The van der Waals surface area contributed by atoms with Crippen molar-refractivity contribution in [2.24, 2.45) is 11.7 Å². The third kappa shape index (κ3) is 4.69. The van der Waals surface area contributed by atoms with E-state index in [1.54, 1.807) is 26.2 Å². The molecule has 1 rings (SSSR count). The highest BCUT2D eigenvalue weighted by atomic mass is 32.2. The minimum absolute atomic E-state index is 0.253. The van der Waals surface area contributed by atoms with Gasteiger partial charge in [0.2, 0.25) is 10.0 Å². The average Bonchev–Trinajstić information content (AvgIpc) is 2.39. The van der Waals surface area contributed by atoms with Crippen molar-refractivity contribution in [2.75, 3.05) is 13.7 Å². The van der Waals surface area contributed by atoms with E-state index in [0.29, 0.717) is 23.7 Å². The summed E-state index contributed by atoms with van der Waals surface area (Å²) in [6.45, 7) is 7.95. The predicted octanol–water partition coefficient (Wildman–Crippen LogP) is 1.96. The first kappa shape index (κ1) is 17.9. The van der Waals surface area contributed by atoms with E-state index in [4.69, 9.17) is 10.5 Å². The molecule has 3 N–H and O–H groups in total. The molecule has 0 aliphatic heterocycles. The molecule has 0 fully saturated rings. The van der Waals surface area contributed by atoms with E-state index in [9.17, 15) is 8.42 Å². The van der Waals surface area contributed by atoms with Crippen LogP contribution in [-0.4, -0.2) is 28.1 Å². The van der Waals surface area contributed by atoms with E-state index >= 15 is 0 Å². The molecule has 0 aliphatic rings. The van der Waals surface area contributed by atoms with Crippen molar-refractivity contribution in [3.05, 3.63) is 23.3 Å². The predicted molar refractivity (Wildman–Crippen MR) is 85.1 cm³/mol. The smallest absolute Gasteiger partial charge is 0.241 e.